The van der Waals surface area contributed by atoms with E-state index in [-0.39, 0.29) is 23.8 Å². The first-order valence-corrected chi connectivity index (χ1v) is 10.5. The van der Waals surface area contributed by atoms with Gasteiger partial charge >= 0.3 is 0 Å². The first-order chi connectivity index (χ1) is 14.5. The summed E-state index contributed by atoms with van der Waals surface area (Å²) in [5.41, 5.74) is 1.84. The molecule has 0 atom stereocenters. The molecule has 6 nitrogen and oxygen atoms in total. The Morgan fingerprint density at radius 2 is 1.55 bits per heavy atom. The van der Waals surface area contributed by atoms with Crippen LogP contribution in [0.1, 0.15) is 36.8 Å². The molecule has 0 aliphatic carbocycles. The summed E-state index contributed by atoms with van der Waals surface area (Å²) in [6.07, 6.45) is 0. The molecule has 0 saturated carbocycles. The average Bonchev–Trinajstić information content (AvgIpc) is 3.12. The number of nitrogens with one attached hydrogen (secondary N) is 1. The fourth-order valence-corrected chi connectivity index (χ4v) is 3.15. The lowest BCUT2D eigenvalue weighted by atomic mass is 9.92. The first-order valence-electron chi connectivity index (χ1n) is 9.72. The normalized spacial score (nSPS) is 11.3. The monoisotopic (exact) mass is 458 g/mol. The Balaban J connectivity index is 1.79. The van der Waals surface area contributed by atoms with Crippen molar-refractivity contribution in [1.82, 2.24) is 14.7 Å². The predicted molar refractivity (Wildman–Crippen MR) is 124 cm³/mol. The lowest BCUT2D eigenvalue weighted by Crippen LogP contribution is -2.35. The van der Waals surface area contributed by atoms with Crippen LogP contribution in [0.5, 0.6) is 0 Å². The van der Waals surface area contributed by atoms with Gasteiger partial charge in [0.15, 0.2) is 0 Å². The highest BCUT2D eigenvalue weighted by atomic mass is 35.5. The molecule has 1 N–H and O–H groups in total. The van der Waals surface area contributed by atoms with Crippen LogP contribution in [0.2, 0.25) is 10.0 Å². The number of benzene rings is 2. The van der Waals surface area contributed by atoms with Gasteiger partial charge in [-0.25, -0.2) is 4.68 Å². The Kier molecular flexibility index (Phi) is 6.72. The number of anilines is 1. The number of aromatic nitrogens is 2. The van der Waals surface area contributed by atoms with Crippen molar-refractivity contribution >= 4 is 40.8 Å². The van der Waals surface area contributed by atoms with Gasteiger partial charge in [-0.3, -0.25) is 9.59 Å². The zero-order valence-corrected chi connectivity index (χ0v) is 19.3. The van der Waals surface area contributed by atoms with E-state index >= 15 is 0 Å². The minimum absolute atomic E-state index is 0.113. The van der Waals surface area contributed by atoms with E-state index in [2.05, 4.69) is 10.4 Å². The van der Waals surface area contributed by atoms with E-state index < -0.39 is 0 Å². The number of likely N-dealkylation sites (N-methyl/N-ethyl adjacent to an activating group) is 1. The molecule has 8 heteroatoms. The number of rotatable bonds is 5. The third-order valence-corrected chi connectivity index (χ3v) is 5.14. The molecule has 0 radical (unpaired) electrons. The van der Waals surface area contributed by atoms with E-state index in [1.54, 1.807) is 48.1 Å². The quantitative estimate of drug-likeness (QED) is 0.571. The third kappa shape index (κ3) is 5.66. The minimum atomic E-state index is -0.333. The number of nitrogens with zero attached hydrogens (tertiary/aromatic N) is 3. The molecule has 31 heavy (non-hydrogen) atoms. The second-order valence-electron chi connectivity index (χ2n) is 8.27. The molecule has 3 rings (SSSR count). The fraction of sp³-hybridized carbons (Fsp3) is 0.261. The molecule has 162 valence electrons. The van der Waals surface area contributed by atoms with Crippen molar-refractivity contribution in [3.05, 3.63) is 75.9 Å². The van der Waals surface area contributed by atoms with Gasteiger partial charge in [-0.1, -0.05) is 44.0 Å². The summed E-state index contributed by atoms with van der Waals surface area (Å²) >= 11 is 11.9. The van der Waals surface area contributed by atoms with Crippen LogP contribution in [0.15, 0.2) is 54.6 Å². The van der Waals surface area contributed by atoms with Crippen molar-refractivity contribution < 1.29 is 9.59 Å². The lowest BCUT2D eigenvalue weighted by Gasteiger charge is -2.17. The van der Waals surface area contributed by atoms with E-state index in [1.165, 1.54) is 4.90 Å². The lowest BCUT2D eigenvalue weighted by molar-refractivity contribution is -0.116. The van der Waals surface area contributed by atoms with Gasteiger partial charge in [-0.15, -0.1) is 0 Å². The summed E-state index contributed by atoms with van der Waals surface area (Å²) in [5, 5.41) is 8.70. The summed E-state index contributed by atoms with van der Waals surface area (Å²) in [6.45, 7) is 6.03. The Morgan fingerprint density at radius 3 is 2.10 bits per heavy atom. The summed E-state index contributed by atoms with van der Waals surface area (Å²) in [5.74, 6) is -0.0848. The zero-order chi connectivity index (χ0) is 22.8. The summed E-state index contributed by atoms with van der Waals surface area (Å²) < 4.78 is 1.66. The van der Waals surface area contributed by atoms with Crippen LogP contribution in [0.3, 0.4) is 0 Å². The molecule has 0 fully saturated rings. The molecule has 0 spiro atoms. The van der Waals surface area contributed by atoms with Gasteiger partial charge in [-0.05, 0) is 48.5 Å². The maximum absolute atomic E-state index is 12.7. The van der Waals surface area contributed by atoms with Crippen LogP contribution in [0, 0.1) is 0 Å². The highest BCUT2D eigenvalue weighted by Crippen LogP contribution is 2.27. The van der Waals surface area contributed by atoms with Crippen LogP contribution in [-0.4, -0.2) is 40.1 Å². The molecule has 0 saturated heterocycles. The Hall–Kier alpha value is -2.83. The van der Waals surface area contributed by atoms with Crippen LogP contribution in [-0.2, 0) is 10.2 Å². The number of carbonyl (C=O) groups excluding carboxylic acids is 2. The van der Waals surface area contributed by atoms with Crippen LogP contribution < -0.4 is 5.32 Å². The Bertz CT molecular complexity index is 1080. The van der Waals surface area contributed by atoms with Crippen molar-refractivity contribution in [3.8, 4) is 5.69 Å². The van der Waals surface area contributed by atoms with Gasteiger partial charge in [0.25, 0.3) is 5.91 Å². The Labute approximate surface area is 191 Å². The van der Waals surface area contributed by atoms with Gasteiger partial charge in [0.1, 0.15) is 5.82 Å². The highest BCUT2D eigenvalue weighted by Gasteiger charge is 2.22. The molecule has 0 bridgehead atoms. The molecule has 2 aromatic carbocycles. The molecule has 2 amide bonds. The van der Waals surface area contributed by atoms with Gasteiger partial charge in [0.2, 0.25) is 5.91 Å². The number of hydrogen-bond donors (Lipinski definition) is 1. The topological polar surface area (TPSA) is 67.2 Å². The number of hydrogen-bond acceptors (Lipinski definition) is 3. The zero-order valence-electron chi connectivity index (χ0n) is 17.8. The molecular weight excluding hydrogens is 435 g/mol. The predicted octanol–water partition coefficient (Wildman–Crippen LogP) is 5.19. The largest absolute Gasteiger partial charge is 0.332 e. The van der Waals surface area contributed by atoms with Crippen LogP contribution in [0.25, 0.3) is 5.69 Å². The van der Waals surface area contributed by atoms with Gasteiger partial charge in [-0.2, -0.15) is 5.10 Å². The molecule has 0 aliphatic heterocycles. The number of halogens is 2. The number of carbonyl (C=O) groups is 2. The summed E-state index contributed by atoms with van der Waals surface area (Å²) in [4.78, 5) is 26.6. The SMILES string of the molecule is CN(CC(=O)Nc1cc(C(C)(C)C)nn1-c1ccc(Cl)cc1)C(=O)c1ccc(Cl)cc1. The van der Waals surface area contributed by atoms with E-state index in [9.17, 15) is 9.59 Å². The highest BCUT2D eigenvalue weighted by molar-refractivity contribution is 6.30. The molecule has 0 unspecified atom stereocenters. The van der Waals surface area contributed by atoms with Crippen molar-refractivity contribution in [3.63, 3.8) is 0 Å². The first kappa shape index (κ1) is 22.8. The number of amides is 2. The van der Waals surface area contributed by atoms with Crippen molar-refractivity contribution in [2.45, 2.75) is 26.2 Å². The maximum Gasteiger partial charge on any atom is 0.254 e. The molecule has 1 aromatic heterocycles. The Morgan fingerprint density at radius 1 is 1.00 bits per heavy atom. The fourth-order valence-electron chi connectivity index (χ4n) is 2.90. The summed E-state index contributed by atoms with van der Waals surface area (Å²) in [7, 11) is 1.58. The van der Waals surface area contributed by atoms with E-state index in [4.69, 9.17) is 23.2 Å². The molecule has 3 aromatic rings. The smallest absolute Gasteiger partial charge is 0.254 e. The van der Waals surface area contributed by atoms with Gasteiger partial charge in [0, 0.05) is 34.1 Å². The van der Waals surface area contributed by atoms with Crippen molar-refractivity contribution in [2.75, 3.05) is 18.9 Å². The van der Waals surface area contributed by atoms with E-state index in [1.807, 2.05) is 39.0 Å². The molecule has 0 aliphatic rings. The van der Waals surface area contributed by atoms with Crippen LogP contribution >= 0.6 is 23.2 Å². The van der Waals surface area contributed by atoms with Gasteiger partial charge in [0.05, 0.1) is 17.9 Å². The van der Waals surface area contributed by atoms with Crippen molar-refractivity contribution in [1.29, 1.82) is 0 Å². The molecular formula is C23H24Cl2N4O2. The van der Waals surface area contributed by atoms with Crippen molar-refractivity contribution in [2.24, 2.45) is 0 Å². The summed E-state index contributed by atoms with van der Waals surface area (Å²) in [6, 6.07) is 15.6. The standard InChI is InChI=1S/C23H24Cl2N4O2/c1-23(2,3)19-13-20(29(27-19)18-11-9-17(25)10-12-18)26-21(30)14-28(4)22(31)15-5-7-16(24)8-6-15/h5-13H,14H2,1-4H3,(H,26,30). The average molecular weight is 459 g/mol. The third-order valence-electron chi connectivity index (χ3n) is 4.64. The van der Waals surface area contributed by atoms with Crippen LogP contribution in [0.4, 0.5) is 5.82 Å². The minimum Gasteiger partial charge on any atom is -0.332 e. The second-order valence-corrected chi connectivity index (χ2v) is 9.14. The second kappa shape index (κ2) is 9.12. The van der Waals surface area contributed by atoms with E-state index in [0.717, 1.165) is 11.4 Å². The molecule has 1 heterocycles. The van der Waals surface area contributed by atoms with Gasteiger partial charge < -0.3 is 10.2 Å². The maximum atomic E-state index is 12.7. The van der Waals surface area contributed by atoms with E-state index in [0.29, 0.717) is 21.4 Å².